The van der Waals surface area contributed by atoms with Gasteiger partial charge in [-0.05, 0) is 26.0 Å². The molecule has 4 nitrogen and oxygen atoms in total. The Hall–Kier alpha value is -2.10. The molecule has 0 saturated heterocycles. The van der Waals surface area contributed by atoms with E-state index in [0.717, 1.165) is 0 Å². The van der Waals surface area contributed by atoms with E-state index >= 15 is 0 Å². The minimum atomic E-state index is -0.135. The normalized spacial score (nSPS) is 10.5. The number of nitrogens with one attached hydrogen (secondary N) is 1. The van der Waals surface area contributed by atoms with Gasteiger partial charge in [-0.3, -0.25) is 4.79 Å². The molecule has 2 rings (SSSR count). The van der Waals surface area contributed by atoms with Crippen molar-refractivity contribution in [3.05, 3.63) is 48.0 Å². The Kier molecular flexibility index (Phi) is 3.23. The maximum atomic E-state index is 12.0. The molecule has 88 valence electrons. The standard InChI is InChI=1S/C13H14N2O2/c1-9(2)17-11-5-3-4-10(8-11)12(16)13-14-6-7-15-13/h3-9H,1-2H3,(H,14,15). The van der Waals surface area contributed by atoms with Crippen molar-refractivity contribution in [1.29, 1.82) is 0 Å². The molecule has 0 radical (unpaired) electrons. The molecule has 0 unspecified atom stereocenters. The van der Waals surface area contributed by atoms with Crippen molar-refractivity contribution in [3.63, 3.8) is 0 Å². The SMILES string of the molecule is CC(C)Oc1cccc(C(=O)c2ncc[nH]2)c1. The van der Waals surface area contributed by atoms with Crippen molar-refractivity contribution in [3.8, 4) is 5.75 Å². The smallest absolute Gasteiger partial charge is 0.228 e. The highest BCUT2D eigenvalue weighted by Gasteiger charge is 2.12. The maximum absolute atomic E-state index is 12.0. The first kappa shape index (κ1) is 11.4. The van der Waals surface area contributed by atoms with E-state index in [1.54, 1.807) is 30.6 Å². The van der Waals surface area contributed by atoms with Crippen LogP contribution in [0.1, 0.15) is 30.0 Å². The highest BCUT2D eigenvalue weighted by molar-refractivity contribution is 6.06. The van der Waals surface area contributed by atoms with Gasteiger partial charge in [-0.25, -0.2) is 4.98 Å². The molecule has 1 heterocycles. The Balaban J connectivity index is 2.24. The topological polar surface area (TPSA) is 55.0 Å². The van der Waals surface area contributed by atoms with Crippen LogP contribution in [-0.2, 0) is 0 Å². The zero-order valence-corrected chi connectivity index (χ0v) is 9.81. The molecule has 0 bridgehead atoms. The van der Waals surface area contributed by atoms with Gasteiger partial charge in [-0.2, -0.15) is 0 Å². The maximum Gasteiger partial charge on any atom is 0.228 e. The summed E-state index contributed by atoms with van der Waals surface area (Å²) in [4.78, 5) is 18.7. The van der Waals surface area contributed by atoms with Gasteiger partial charge in [-0.1, -0.05) is 12.1 Å². The van der Waals surface area contributed by atoms with Gasteiger partial charge in [0.1, 0.15) is 5.75 Å². The number of hydrogen-bond donors (Lipinski definition) is 1. The van der Waals surface area contributed by atoms with Gasteiger partial charge in [0.2, 0.25) is 5.78 Å². The molecule has 4 heteroatoms. The lowest BCUT2D eigenvalue weighted by molar-refractivity contribution is 0.102. The fourth-order valence-electron chi connectivity index (χ4n) is 1.51. The molecule has 17 heavy (non-hydrogen) atoms. The highest BCUT2D eigenvalue weighted by Crippen LogP contribution is 2.16. The highest BCUT2D eigenvalue weighted by atomic mass is 16.5. The Bertz CT molecular complexity index is 504. The van der Waals surface area contributed by atoms with Crippen molar-refractivity contribution < 1.29 is 9.53 Å². The van der Waals surface area contributed by atoms with E-state index in [0.29, 0.717) is 17.1 Å². The number of carbonyl (C=O) groups excluding carboxylic acids is 1. The van der Waals surface area contributed by atoms with E-state index in [-0.39, 0.29) is 11.9 Å². The Morgan fingerprint density at radius 1 is 1.41 bits per heavy atom. The molecule has 0 saturated carbocycles. The number of rotatable bonds is 4. The number of imidazole rings is 1. The summed E-state index contributed by atoms with van der Waals surface area (Å²) in [6, 6.07) is 7.11. The summed E-state index contributed by atoms with van der Waals surface area (Å²) in [7, 11) is 0. The molecule has 1 aromatic heterocycles. The summed E-state index contributed by atoms with van der Waals surface area (Å²) in [5.41, 5.74) is 0.568. The molecule has 0 atom stereocenters. The Morgan fingerprint density at radius 2 is 2.24 bits per heavy atom. The predicted molar refractivity (Wildman–Crippen MR) is 64.2 cm³/mol. The van der Waals surface area contributed by atoms with Crippen LogP contribution in [0.15, 0.2) is 36.7 Å². The van der Waals surface area contributed by atoms with Gasteiger partial charge in [0, 0.05) is 18.0 Å². The summed E-state index contributed by atoms with van der Waals surface area (Å²) in [6.45, 7) is 3.89. The molecular weight excluding hydrogens is 216 g/mol. The van der Waals surface area contributed by atoms with Gasteiger partial charge < -0.3 is 9.72 Å². The van der Waals surface area contributed by atoms with Gasteiger partial charge in [-0.15, -0.1) is 0 Å². The third-order valence-corrected chi connectivity index (χ3v) is 2.18. The zero-order chi connectivity index (χ0) is 12.3. The number of benzene rings is 1. The number of ether oxygens (including phenoxy) is 1. The van der Waals surface area contributed by atoms with Gasteiger partial charge in [0.05, 0.1) is 6.10 Å². The van der Waals surface area contributed by atoms with Crippen LogP contribution in [0.2, 0.25) is 0 Å². The van der Waals surface area contributed by atoms with Crippen molar-refractivity contribution in [2.45, 2.75) is 20.0 Å². The molecule has 0 spiro atoms. The quantitative estimate of drug-likeness (QED) is 0.821. The largest absolute Gasteiger partial charge is 0.491 e. The fraction of sp³-hybridized carbons (Fsp3) is 0.231. The second-order valence-corrected chi connectivity index (χ2v) is 3.96. The summed E-state index contributed by atoms with van der Waals surface area (Å²) in [5, 5.41) is 0. The van der Waals surface area contributed by atoms with Gasteiger partial charge >= 0.3 is 0 Å². The van der Waals surface area contributed by atoms with Gasteiger partial charge in [0.25, 0.3) is 0 Å². The summed E-state index contributed by atoms with van der Waals surface area (Å²) < 4.78 is 5.54. The van der Waals surface area contributed by atoms with Crippen molar-refractivity contribution in [2.75, 3.05) is 0 Å². The molecule has 0 amide bonds. The monoisotopic (exact) mass is 230 g/mol. The van der Waals surface area contributed by atoms with E-state index in [2.05, 4.69) is 9.97 Å². The molecule has 0 aliphatic carbocycles. The number of carbonyl (C=O) groups is 1. The molecule has 0 aliphatic heterocycles. The van der Waals surface area contributed by atoms with Crippen LogP contribution in [0.25, 0.3) is 0 Å². The second-order valence-electron chi connectivity index (χ2n) is 3.96. The third kappa shape index (κ3) is 2.72. The van der Waals surface area contributed by atoms with Crippen LogP contribution in [0.3, 0.4) is 0 Å². The van der Waals surface area contributed by atoms with E-state index in [1.165, 1.54) is 0 Å². The third-order valence-electron chi connectivity index (χ3n) is 2.18. The average molecular weight is 230 g/mol. The number of aromatic amines is 1. The first-order chi connectivity index (χ1) is 8.16. The Labute approximate surface area is 99.7 Å². The van der Waals surface area contributed by atoms with Crippen LogP contribution in [0, 0.1) is 0 Å². The van der Waals surface area contributed by atoms with E-state index in [9.17, 15) is 4.79 Å². The van der Waals surface area contributed by atoms with Gasteiger partial charge in [0.15, 0.2) is 5.82 Å². The summed E-state index contributed by atoms with van der Waals surface area (Å²) >= 11 is 0. The first-order valence-corrected chi connectivity index (χ1v) is 5.47. The predicted octanol–water partition coefficient (Wildman–Crippen LogP) is 2.43. The fourth-order valence-corrected chi connectivity index (χ4v) is 1.51. The number of aromatic nitrogens is 2. The van der Waals surface area contributed by atoms with E-state index in [4.69, 9.17) is 4.74 Å². The molecule has 0 fully saturated rings. The average Bonchev–Trinajstić information content (AvgIpc) is 2.81. The lowest BCUT2D eigenvalue weighted by Crippen LogP contribution is -2.07. The molecule has 1 N–H and O–H groups in total. The van der Waals surface area contributed by atoms with Crippen LogP contribution in [0.5, 0.6) is 5.75 Å². The zero-order valence-electron chi connectivity index (χ0n) is 9.81. The van der Waals surface area contributed by atoms with Crippen LogP contribution < -0.4 is 4.74 Å². The van der Waals surface area contributed by atoms with Crippen LogP contribution in [0.4, 0.5) is 0 Å². The minimum Gasteiger partial charge on any atom is -0.491 e. The van der Waals surface area contributed by atoms with E-state index in [1.807, 2.05) is 19.9 Å². The van der Waals surface area contributed by atoms with Crippen molar-refractivity contribution in [1.82, 2.24) is 9.97 Å². The minimum absolute atomic E-state index is 0.0870. The molecular formula is C13H14N2O2. The van der Waals surface area contributed by atoms with Crippen LogP contribution in [-0.4, -0.2) is 21.9 Å². The van der Waals surface area contributed by atoms with E-state index < -0.39 is 0 Å². The first-order valence-electron chi connectivity index (χ1n) is 5.47. The number of hydrogen-bond acceptors (Lipinski definition) is 3. The molecule has 2 aromatic rings. The lowest BCUT2D eigenvalue weighted by atomic mass is 10.1. The lowest BCUT2D eigenvalue weighted by Gasteiger charge is -2.10. The number of H-pyrrole nitrogens is 1. The van der Waals surface area contributed by atoms with Crippen LogP contribution >= 0.6 is 0 Å². The molecule has 0 aliphatic rings. The summed E-state index contributed by atoms with van der Waals surface area (Å²) in [6.07, 6.45) is 3.27. The van der Waals surface area contributed by atoms with Crippen molar-refractivity contribution in [2.24, 2.45) is 0 Å². The number of nitrogens with zero attached hydrogens (tertiary/aromatic N) is 1. The van der Waals surface area contributed by atoms with Crippen molar-refractivity contribution >= 4 is 5.78 Å². The summed E-state index contributed by atoms with van der Waals surface area (Å²) in [5.74, 6) is 0.897. The Morgan fingerprint density at radius 3 is 2.88 bits per heavy atom. The second kappa shape index (κ2) is 4.82. The number of ketones is 1. The molecule has 1 aromatic carbocycles.